The van der Waals surface area contributed by atoms with E-state index in [4.69, 9.17) is 9.47 Å². The maximum Gasteiger partial charge on any atom is 0.231 e. The van der Waals surface area contributed by atoms with Crippen molar-refractivity contribution in [3.05, 3.63) is 35.0 Å². The van der Waals surface area contributed by atoms with Gasteiger partial charge < -0.3 is 9.47 Å². The van der Waals surface area contributed by atoms with Crippen LogP contribution in [0.1, 0.15) is 37.0 Å². The summed E-state index contributed by atoms with van der Waals surface area (Å²) in [6.07, 6.45) is 0.877. The van der Waals surface area contributed by atoms with E-state index in [9.17, 15) is 4.79 Å². The largest absolute Gasteiger partial charge is 0.454 e. The van der Waals surface area contributed by atoms with Gasteiger partial charge in [-0.15, -0.1) is 11.3 Å². The Balaban J connectivity index is 1.94. The van der Waals surface area contributed by atoms with Crippen LogP contribution in [0.4, 0.5) is 0 Å². The molecule has 0 atom stereocenters. The lowest BCUT2D eigenvalue weighted by Crippen LogP contribution is -2.15. The number of aldehydes is 1. The van der Waals surface area contributed by atoms with E-state index in [-0.39, 0.29) is 12.2 Å². The van der Waals surface area contributed by atoms with Gasteiger partial charge in [0, 0.05) is 22.1 Å². The smallest absolute Gasteiger partial charge is 0.231 e. The maximum atomic E-state index is 11.8. The van der Waals surface area contributed by atoms with Crippen LogP contribution in [0.5, 0.6) is 11.5 Å². The fourth-order valence-corrected chi connectivity index (χ4v) is 3.88. The molecule has 3 heterocycles. The molecule has 0 fully saturated rings. The number of benzene rings is 1. The second kappa shape index (κ2) is 4.83. The summed E-state index contributed by atoms with van der Waals surface area (Å²) in [5.74, 6) is 1.41. The molecule has 0 aliphatic carbocycles. The summed E-state index contributed by atoms with van der Waals surface area (Å²) in [5.41, 5.74) is 3.12. The first-order valence-electron chi connectivity index (χ1n) is 7.34. The van der Waals surface area contributed by atoms with Gasteiger partial charge in [0.2, 0.25) is 6.79 Å². The van der Waals surface area contributed by atoms with Crippen LogP contribution in [-0.2, 0) is 5.41 Å². The van der Waals surface area contributed by atoms with E-state index in [0.29, 0.717) is 17.1 Å². The molecule has 0 radical (unpaired) electrons. The van der Waals surface area contributed by atoms with Crippen LogP contribution in [-0.4, -0.2) is 22.5 Å². The summed E-state index contributed by atoms with van der Waals surface area (Å²) in [7, 11) is 0. The number of thiazole rings is 1. The molecule has 1 aliphatic heterocycles. The highest BCUT2D eigenvalue weighted by atomic mass is 32.1. The van der Waals surface area contributed by atoms with Crippen LogP contribution in [0.2, 0.25) is 0 Å². The Labute approximate surface area is 137 Å². The van der Waals surface area contributed by atoms with Gasteiger partial charge in [0.25, 0.3) is 0 Å². The average Bonchev–Trinajstić information content (AvgIpc) is 3.18. The van der Waals surface area contributed by atoms with Crippen molar-refractivity contribution in [3.63, 3.8) is 0 Å². The third-order valence-electron chi connectivity index (χ3n) is 3.93. The minimum atomic E-state index is -0.0666. The number of rotatable bonds is 2. The lowest BCUT2D eigenvalue weighted by atomic mass is 9.93. The van der Waals surface area contributed by atoms with Gasteiger partial charge >= 0.3 is 0 Å². The van der Waals surface area contributed by atoms with E-state index in [0.717, 1.165) is 28.3 Å². The van der Waals surface area contributed by atoms with E-state index in [1.807, 2.05) is 22.6 Å². The van der Waals surface area contributed by atoms with Crippen molar-refractivity contribution < 1.29 is 14.3 Å². The van der Waals surface area contributed by atoms with Crippen molar-refractivity contribution in [3.8, 4) is 22.8 Å². The van der Waals surface area contributed by atoms with Crippen molar-refractivity contribution in [1.82, 2.24) is 9.38 Å². The minimum absolute atomic E-state index is 0.0666. The van der Waals surface area contributed by atoms with Crippen LogP contribution in [0.15, 0.2) is 23.6 Å². The SMILES string of the molecule is CC(C)(C)c1csc2nc(-c3ccc4c(c3)OCO4)c(C=O)n12. The molecule has 0 saturated carbocycles. The van der Waals surface area contributed by atoms with Crippen molar-refractivity contribution in [2.24, 2.45) is 0 Å². The lowest BCUT2D eigenvalue weighted by Gasteiger charge is -2.17. The zero-order valence-electron chi connectivity index (χ0n) is 13.1. The molecule has 0 spiro atoms. The van der Waals surface area contributed by atoms with E-state index in [1.165, 1.54) is 0 Å². The van der Waals surface area contributed by atoms with Crippen LogP contribution in [0, 0.1) is 0 Å². The first-order valence-corrected chi connectivity index (χ1v) is 8.22. The molecule has 1 aromatic carbocycles. The number of aromatic nitrogens is 2. The second-order valence-electron chi connectivity index (χ2n) is 6.52. The molecule has 2 aromatic heterocycles. The zero-order valence-corrected chi connectivity index (χ0v) is 13.9. The predicted octanol–water partition coefficient (Wildman–Crippen LogP) is 3.90. The Hall–Kier alpha value is -2.34. The normalized spacial score (nSPS) is 13.7. The lowest BCUT2D eigenvalue weighted by molar-refractivity contribution is 0.111. The monoisotopic (exact) mass is 328 g/mol. The molecule has 6 heteroatoms. The van der Waals surface area contributed by atoms with Crippen molar-refractivity contribution in [2.45, 2.75) is 26.2 Å². The topological polar surface area (TPSA) is 52.8 Å². The van der Waals surface area contributed by atoms with Gasteiger partial charge in [-0.2, -0.15) is 0 Å². The number of nitrogens with zero attached hydrogens (tertiary/aromatic N) is 2. The molecule has 23 heavy (non-hydrogen) atoms. The van der Waals surface area contributed by atoms with Crippen LogP contribution < -0.4 is 9.47 Å². The quantitative estimate of drug-likeness (QED) is 0.670. The molecule has 5 nitrogen and oxygen atoms in total. The van der Waals surface area contributed by atoms with Gasteiger partial charge in [0.05, 0.1) is 0 Å². The van der Waals surface area contributed by atoms with Crippen LogP contribution in [0.25, 0.3) is 16.2 Å². The fraction of sp³-hybridized carbons (Fsp3) is 0.294. The predicted molar refractivity (Wildman–Crippen MR) is 88.7 cm³/mol. The van der Waals surface area contributed by atoms with Gasteiger partial charge in [-0.1, -0.05) is 20.8 Å². The standard InChI is InChI=1S/C17H16N2O3S/c1-17(2,3)14-8-23-16-18-15(11(7-20)19(14)16)10-4-5-12-13(6-10)22-9-21-12/h4-8H,9H2,1-3H3. The third-order valence-corrected chi connectivity index (χ3v) is 4.75. The maximum absolute atomic E-state index is 11.8. The van der Waals surface area contributed by atoms with E-state index in [1.54, 1.807) is 11.3 Å². The molecule has 0 amide bonds. The van der Waals surface area contributed by atoms with Crippen LogP contribution in [0.3, 0.4) is 0 Å². The van der Waals surface area contributed by atoms with Crippen molar-refractivity contribution >= 4 is 22.6 Å². The summed E-state index contributed by atoms with van der Waals surface area (Å²) in [5, 5.41) is 2.07. The van der Waals surface area contributed by atoms with Crippen LogP contribution >= 0.6 is 11.3 Å². The van der Waals surface area contributed by atoms with E-state index in [2.05, 4.69) is 31.1 Å². The molecule has 0 bridgehead atoms. The first-order chi connectivity index (χ1) is 11.0. The minimum Gasteiger partial charge on any atom is -0.454 e. The third kappa shape index (κ3) is 2.13. The van der Waals surface area contributed by atoms with Gasteiger partial charge in [-0.05, 0) is 18.2 Å². The highest BCUT2D eigenvalue weighted by Crippen LogP contribution is 2.38. The molecule has 4 rings (SSSR count). The van der Waals surface area contributed by atoms with Gasteiger partial charge in [0.1, 0.15) is 11.4 Å². The highest BCUT2D eigenvalue weighted by molar-refractivity contribution is 7.15. The van der Waals surface area contributed by atoms with E-state index < -0.39 is 0 Å². The van der Waals surface area contributed by atoms with Crippen molar-refractivity contribution in [2.75, 3.05) is 6.79 Å². The average molecular weight is 328 g/mol. The first kappa shape index (κ1) is 14.3. The zero-order chi connectivity index (χ0) is 16.2. The number of carbonyl (C=O) groups excluding carboxylic acids is 1. The molecular weight excluding hydrogens is 312 g/mol. The van der Waals surface area contributed by atoms with Crippen molar-refractivity contribution in [1.29, 1.82) is 0 Å². The van der Waals surface area contributed by atoms with Gasteiger partial charge in [-0.25, -0.2) is 4.98 Å². The Kier molecular flexibility index (Phi) is 2.99. The summed E-state index contributed by atoms with van der Waals surface area (Å²) >= 11 is 1.55. The summed E-state index contributed by atoms with van der Waals surface area (Å²) < 4.78 is 12.7. The van der Waals surface area contributed by atoms with Gasteiger partial charge in [0.15, 0.2) is 22.7 Å². The molecule has 0 unspecified atom stereocenters. The Morgan fingerprint density at radius 2 is 2.04 bits per heavy atom. The molecule has 3 aromatic rings. The molecule has 0 saturated heterocycles. The number of carbonyl (C=O) groups is 1. The van der Waals surface area contributed by atoms with Gasteiger partial charge in [-0.3, -0.25) is 9.20 Å². The Morgan fingerprint density at radius 3 is 2.78 bits per heavy atom. The number of fused-ring (bicyclic) bond motifs is 2. The summed E-state index contributed by atoms with van der Waals surface area (Å²) in [6, 6.07) is 5.63. The van der Waals surface area contributed by atoms with E-state index >= 15 is 0 Å². The second-order valence-corrected chi connectivity index (χ2v) is 7.36. The number of imidazole rings is 1. The number of hydrogen-bond donors (Lipinski definition) is 0. The summed E-state index contributed by atoms with van der Waals surface area (Å²) in [4.78, 5) is 17.3. The highest BCUT2D eigenvalue weighted by Gasteiger charge is 2.25. The Bertz CT molecular complexity index is 918. The Morgan fingerprint density at radius 1 is 1.26 bits per heavy atom. The molecule has 1 aliphatic rings. The molecule has 118 valence electrons. The molecule has 0 N–H and O–H groups in total. The fourth-order valence-electron chi connectivity index (χ4n) is 2.76. The molecular formula is C17H16N2O3S. The number of hydrogen-bond acceptors (Lipinski definition) is 5. The number of ether oxygens (including phenoxy) is 2. The summed E-state index contributed by atoms with van der Waals surface area (Å²) in [6.45, 7) is 6.61.